The molecule has 0 saturated heterocycles. The molecule has 0 aromatic carbocycles. The number of rotatable bonds is 6. The lowest BCUT2D eigenvalue weighted by molar-refractivity contribution is 0.00716. The van der Waals surface area contributed by atoms with Crippen LogP contribution >= 0.6 is 0 Å². The van der Waals surface area contributed by atoms with Gasteiger partial charge in [-0.05, 0) is 31.7 Å². The van der Waals surface area contributed by atoms with E-state index in [9.17, 15) is 10.2 Å². The predicted octanol–water partition coefficient (Wildman–Crippen LogP) is 0.511. The van der Waals surface area contributed by atoms with Crippen LogP contribution in [0.15, 0.2) is 6.20 Å². The molecule has 2 aliphatic rings. The molecule has 6 nitrogen and oxygen atoms in total. The van der Waals surface area contributed by atoms with Gasteiger partial charge in [0.25, 0.3) is 0 Å². The van der Waals surface area contributed by atoms with Gasteiger partial charge in [-0.2, -0.15) is 0 Å². The summed E-state index contributed by atoms with van der Waals surface area (Å²) in [6.45, 7) is 5.75. The lowest BCUT2D eigenvalue weighted by atomic mass is 10.1. The van der Waals surface area contributed by atoms with Crippen LogP contribution in [0, 0.1) is 11.8 Å². The Morgan fingerprint density at radius 3 is 2.76 bits per heavy atom. The highest BCUT2D eigenvalue weighted by Gasteiger charge is 2.41. The summed E-state index contributed by atoms with van der Waals surface area (Å²) >= 11 is 0. The fraction of sp³-hybridized carbons (Fsp3) is 0.867. The van der Waals surface area contributed by atoms with Crippen LogP contribution in [0.5, 0.6) is 0 Å². The number of nitrogens with zero attached hydrogens (tertiary/aromatic N) is 3. The molecule has 0 amide bonds. The predicted molar refractivity (Wildman–Crippen MR) is 78.7 cm³/mol. The topological polar surface area (TPSA) is 83.2 Å². The number of aromatic nitrogens is 3. The molecule has 6 heteroatoms. The average molecular weight is 294 g/mol. The van der Waals surface area contributed by atoms with Crippen molar-refractivity contribution in [2.24, 2.45) is 11.8 Å². The zero-order valence-corrected chi connectivity index (χ0v) is 12.8. The molecular formula is C15H26N4O2. The van der Waals surface area contributed by atoms with Gasteiger partial charge in [0.2, 0.25) is 0 Å². The van der Waals surface area contributed by atoms with E-state index >= 15 is 0 Å². The highest BCUT2D eigenvalue weighted by atomic mass is 16.3. The van der Waals surface area contributed by atoms with Crippen molar-refractivity contribution in [2.75, 3.05) is 6.54 Å². The molecule has 1 heterocycles. The van der Waals surface area contributed by atoms with E-state index in [1.807, 2.05) is 10.9 Å². The molecule has 0 aliphatic heterocycles. The molecule has 0 unspecified atom stereocenters. The molecule has 1 aromatic rings. The summed E-state index contributed by atoms with van der Waals surface area (Å²) in [5.74, 6) is 1.15. The minimum atomic E-state index is -0.694. The molecule has 3 rings (SSSR count). The Morgan fingerprint density at radius 1 is 1.33 bits per heavy atom. The van der Waals surface area contributed by atoms with Crippen molar-refractivity contribution in [2.45, 2.75) is 63.8 Å². The summed E-state index contributed by atoms with van der Waals surface area (Å²) in [7, 11) is 0. The van der Waals surface area contributed by atoms with Crippen molar-refractivity contribution in [3.63, 3.8) is 0 Å². The van der Waals surface area contributed by atoms with Gasteiger partial charge in [0, 0.05) is 30.6 Å². The minimum Gasteiger partial charge on any atom is -0.390 e. The van der Waals surface area contributed by atoms with Crippen molar-refractivity contribution >= 4 is 0 Å². The van der Waals surface area contributed by atoms with Gasteiger partial charge in [0.1, 0.15) is 0 Å². The highest BCUT2D eigenvalue weighted by molar-refractivity contribution is 5.09. The van der Waals surface area contributed by atoms with Gasteiger partial charge in [0.05, 0.1) is 17.9 Å². The van der Waals surface area contributed by atoms with E-state index < -0.39 is 12.2 Å². The summed E-state index contributed by atoms with van der Waals surface area (Å²) in [5, 5.41) is 32.1. The molecule has 2 aliphatic carbocycles. The minimum absolute atomic E-state index is 0.0263. The lowest BCUT2D eigenvalue weighted by Gasteiger charge is -2.19. The van der Waals surface area contributed by atoms with Gasteiger partial charge in [-0.15, -0.1) is 5.10 Å². The third-order valence-electron chi connectivity index (χ3n) is 4.56. The van der Waals surface area contributed by atoms with Crippen molar-refractivity contribution in [3.05, 3.63) is 11.9 Å². The molecule has 118 valence electrons. The standard InChI is InChI=1S/C15H26N4O2/c1-9(2)6-16-12-5-11(14(20)15(12)21)7-19-8-13(17-18-19)10-3-4-10/h8-12,14-16,20-21H,3-7H2,1-2H3/t11-,12-,14-,15+/m1/s1. The van der Waals surface area contributed by atoms with E-state index in [-0.39, 0.29) is 12.0 Å². The van der Waals surface area contributed by atoms with E-state index in [1.165, 1.54) is 12.8 Å². The average Bonchev–Trinajstić information content (AvgIpc) is 3.14. The monoisotopic (exact) mass is 294 g/mol. The highest BCUT2D eigenvalue weighted by Crippen LogP contribution is 2.38. The first-order chi connectivity index (χ1) is 10.0. The Balaban J connectivity index is 1.57. The van der Waals surface area contributed by atoms with Crippen molar-refractivity contribution in [1.29, 1.82) is 0 Å². The molecule has 0 bridgehead atoms. The molecular weight excluding hydrogens is 268 g/mol. The molecule has 4 atom stereocenters. The normalized spacial score (nSPS) is 33.0. The lowest BCUT2D eigenvalue weighted by Crippen LogP contribution is -2.41. The molecule has 2 fully saturated rings. The van der Waals surface area contributed by atoms with Crippen molar-refractivity contribution in [1.82, 2.24) is 20.3 Å². The fourth-order valence-electron chi connectivity index (χ4n) is 3.10. The van der Waals surface area contributed by atoms with Crippen LogP contribution in [-0.4, -0.2) is 50.0 Å². The molecule has 1 aromatic heterocycles. The SMILES string of the molecule is CC(C)CN[C@@H]1C[C@H](Cn2cc(C3CC3)nn2)[C@@H](O)[C@H]1O. The van der Waals surface area contributed by atoms with E-state index in [4.69, 9.17) is 0 Å². The first-order valence-electron chi connectivity index (χ1n) is 8.04. The summed E-state index contributed by atoms with van der Waals surface area (Å²) in [5.41, 5.74) is 1.07. The molecule has 0 spiro atoms. The maximum Gasteiger partial charge on any atom is 0.0955 e. The number of aliphatic hydroxyl groups is 2. The fourth-order valence-corrected chi connectivity index (χ4v) is 3.10. The van der Waals surface area contributed by atoms with Crippen LogP contribution in [-0.2, 0) is 6.54 Å². The van der Waals surface area contributed by atoms with Gasteiger partial charge < -0.3 is 15.5 Å². The second-order valence-corrected chi connectivity index (χ2v) is 7.03. The van der Waals surface area contributed by atoms with Crippen LogP contribution < -0.4 is 5.32 Å². The summed E-state index contributed by atoms with van der Waals surface area (Å²) in [6.07, 6.45) is 3.80. The molecule has 0 radical (unpaired) electrons. The molecule has 2 saturated carbocycles. The van der Waals surface area contributed by atoms with Crippen molar-refractivity contribution in [3.8, 4) is 0 Å². The largest absolute Gasteiger partial charge is 0.390 e. The third kappa shape index (κ3) is 3.44. The van der Waals surface area contributed by atoms with Crippen LogP contribution in [0.25, 0.3) is 0 Å². The Hall–Kier alpha value is -0.980. The number of hydrogen-bond donors (Lipinski definition) is 3. The van der Waals surface area contributed by atoms with Crippen LogP contribution in [0.3, 0.4) is 0 Å². The zero-order valence-electron chi connectivity index (χ0n) is 12.8. The second kappa shape index (κ2) is 6.02. The first-order valence-corrected chi connectivity index (χ1v) is 8.04. The zero-order chi connectivity index (χ0) is 15.0. The number of nitrogens with one attached hydrogen (secondary N) is 1. The Kier molecular flexibility index (Phi) is 4.28. The van der Waals surface area contributed by atoms with E-state index in [0.717, 1.165) is 18.7 Å². The molecule has 21 heavy (non-hydrogen) atoms. The van der Waals surface area contributed by atoms with Gasteiger partial charge in [-0.3, -0.25) is 4.68 Å². The van der Waals surface area contributed by atoms with Gasteiger partial charge >= 0.3 is 0 Å². The summed E-state index contributed by atoms with van der Waals surface area (Å²) in [6, 6.07) is -0.0289. The van der Waals surface area contributed by atoms with Crippen molar-refractivity contribution < 1.29 is 10.2 Å². The maximum atomic E-state index is 10.2. The Labute approximate surface area is 125 Å². The summed E-state index contributed by atoms with van der Waals surface area (Å²) < 4.78 is 1.82. The molecule has 3 N–H and O–H groups in total. The number of hydrogen-bond acceptors (Lipinski definition) is 5. The number of aliphatic hydroxyl groups excluding tert-OH is 2. The smallest absolute Gasteiger partial charge is 0.0955 e. The van der Waals surface area contributed by atoms with Crippen LogP contribution in [0.2, 0.25) is 0 Å². The van der Waals surface area contributed by atoms with Gasteiger partial charge in [-0.1, -0.05) is 19.1 Å². The van der Waals surface area contributed by atoms with Gasteiger partial charge in [-0.25, -0.2) is 0 Å². The first kappa shape index (κ1) is 14.9. The quantitative estimate of drug-likeness (QED) is 0.712. The third-order valence-corrected chi connectivity index (χ3v) is 4.56. The summed E-state index contributed by atoms with van der Waals surface area (Å²) in [4.78, 5) is 0. The van der Waals surface area contributed by atoms with E-state index in [0.29, 0.717) is 18.4 Å². The maximum absolute atomic E-state index is 10.2. The van der Waals surface area contributed by atoms with Gasteiger partial charge in [0.15, 0.2) is 0 Å². The second-order valence-electron chi connectivity index (χ2n) is 7.03. The Morgan fingerprint density at radius 2 is 2.10 bits per heavy atom. The van der Waals surface area contributed by atoms with E-state index in [1.54, 1.807) is 0 Å². The van der Waals surface area contributed by atoms with E-state index in [2.05, 4.69) is 29.5 Å². The van der Waals surface area contributed by atoms with Crippen LogP contribution in [0.1, 0.15) is 44.7 Å². The Bertz CT molecular complexity index is 472. The van der Waals surface area contributed by atoms with Crippen LogP contribution in [0.4, 0.5) is 0 Å².